The maximum absolute atomic E-state index is 12.6. The predicted octanol–water partition coefficient (Wildman–Crippen LogP) is 3.76. The highest BCUT2D eigenvalue weighted by Crippen LogP contribution is 2.21. The Bertz CT molecular complexity index is 709. The Labute approximate surface area is 151 Å². The van der Waals surface area contributed by atoms with Gasteiger partial charge in [0.15, 0.2) is 12.4 Å². The van der Waals surface area contributed by atoms with Crippen molar-refractivity contribution in [3.05, 3.63) is 65.5 Å². The molecule has 0 spiro atoms. The van der Waals surface area contributed by atoms with Crippen LogP contribution in [0.2, 0.25) is 0 Å². The summed E-state index contributed by atoms with van der Waals surface area (Å²) in [7, 11) is 0. The third-order valence-electron chi connectivity index (χ3n) is 4.91. The zero-order valence-electron chi connectivity index (χ0n) is 15.4. The van der Waals surface area contributed by atoms with E-state index < -0.39 is 0 Å². The Morgan fingerprint density at radius 3 is 2.52 bits per heavy atom. The van der Waals surface area contributed by atoms with Crippen LogP contribution in [0, 0.1) is 5.92 Å². The van der Waals surface area contributed by atoms with Crippen LogP contribution < -0.4 is 9.88 Å². The minimum atomic E-state index is 0.0759. The average molecular weight is 337 g/mol. The molecule has 0 fully saturated rings. The van der Waals surface area contributed by atoms with E-state index in [0.717, 1.165) is 12.8 Å². The zero-order chi connectivity index (χ0) is 17.6. The summed E-state index contributed by atoms with van der Waals surface area (Å²) in [6.45, 7) is 4.77. The molecule has 3 rings (SSSR count). The quantitative estimate of drug-likeness (QED) is 0.800. The first-order chi connectivity index (χ1) is 12.1. The van der Waals surface area contributed by atoms with Crippen molar-refractivity contribution in [1.82, 2.24) is 5.32 Å². The highest BCUT2D eigenvalue weighted by molar-refractivity contribution is 5.74. The van der Waals surface area contributed by atoms with E-state index in [2.05, 4.69) is 43.6 Å². The summed E-state index contributed by atoms with van der Waals surface area (Å²) in [4.78, 5) is 12.6. The second-order valence-corrected chi connectivity index (χ2v) is 7.54. The number of amides is 1. The number of benzene rings is 1. The van der Waals surface area contributed by atoms with E-state index >= 15 is 0 Å². The SMILES string of the molecule is CC(C)C[C@@H](NC(=O)C[n+]1ccc2c(c1)CCCC2)c1ccccc1. The van der Waals surface area contributed by atoms with Crippen molar-refractivity contribution in [3.8, 4) is 0 Å². The van der Waals surface area contributed by atoms with Crippen LogP contribution in [0.15, 0.2) is 48.8 Å². The molecule has 0 saturated carbocycles. The van der Waals surface area contributed by atoms with Gasteiger partial charge in [-0.1, -0.05) is 44.2 Å². The second-order valence-electron chi connectivity index (χ2n) is 7.54. The number of aromatic nitrogens is 1. The van der Waals surface area contributed by atoms with Crippen molar-refractivity contribution in [2.24, 2.45) is 5.92 Å². The van der Waals surface area contributed by atoms with Crippen LogP contribution in [0.25, 0.3) is 0 Å². The molecule has 1 aliphatic carbocycles. The summed E-state index contributed by atoms with van der Waals surface area (Å²) in [6.07, 6.45) is 10.0. The number of hydrogen-bond donors (Lipinski definition) is 1. The van der Waals surface area contributed by atoms with Crippen LogP contribution in [0.3, 0.4) is 0 Å². The van der Waals surface area contributed by atoms with Crippen molar-refractivity contribution in [1.29, 1.82) is 0 Å². The largest absolute Gasteiger partial charge is 0.344 e. The molecular weight excluding hydrogens is 308 g/mol. The monoisotopic (exact) mass is 337 g/mol. The molecular formula is C22H29N2O+. The summed E-state index contributed by atoms with van der Waals surface area (Å²) in [5.74, 6) is 0.608. The van der Waals surface area contributed by atoms with Gasteiger partial charge in [-0.3, -0.25) is 4.79 Å². The molecule has 1 aromatic carbocycles. The third kappa shape index (κ3) is 4.91. The molecule has 1 atom stereocenters. The number of fused-ring (bicyclic) bond motifs is 1. The molecule has 3 nitrogen and oxygen atoms in total. The Morgan fingerprint density at radius 1 is 1.08 bits per heavy atom. The molecule has 2 aromatic rings. The number of hydrogen-bond acceptors (Lipinski definition) is 1. The molecule has 132 valence electrons. The smallest absolute Gasteiger partial charge is 0.286 e. The van der Waals surface area contributed by atoms with Crippen LogP contribution in [-0.4, -0.2) is 5.91 Å². The molecule has 1 aromatic heterocycles. The summed E-state index contributed by atoms with van der Waals surface area (Å²) in [5, 5.41) is 3.23. The lowest BCUT2D eigenvalue weighted by Gasteiger charge is -2.20. The third-order valence-corrected chi connectivity index (χ3v) is 4.91. The van der Waals surface area contributed by atoms with E-state index in [1.807, 2.05) is 29.0 Å². The van der Waals surface area contributed by atoms with Crippen LogP contribution in [0.4, 0.5) is 0 Å². The second kappa shape index (κ2) is 8.28. The predicted molar refractivity (Wildman–Crippen MR) is 100 cm³/mol. The lowest BCUT2D eigenvalue weighted by molar-refractivity contribution is -0.685. The van der Waals surface area contributed by atoms with Crippen molar-refractivity contribution in [3.63, 3.8) is 0 Å². The number of nitrogens with zero attached hydrogens (tertiary/aromatic N) is 1. The van der Waals surface area contributed by atoms with Gasteiger partial charge in [-0.15, -0.1) is 0 Å². The molecule has 1 amide bonds. The van der Waals surface area contributed by atoms with Gasteiger partial charge in [0, 0.05) is 11.6 Å². The van der Waals surface area contributed by atoms with Gasteiger partial charge >= 0.3 is 0 Å². The van der Waals surface area contributed by atoms with E-state index in [0.29, 0.717) is 12.5 Å². The van der Waals surface area contributed by atoms with Crippen molar-refractivity contribution in [2.45, 2.75) is 58.5 Å². The normalized spacial score (nSPS) is 14.8. The van der Waals surface area contributed by atoms with Gasteiger partial charge in [-0.25, -0.2) is 0 Å². The van der Waals surface area contributed by atoms with E-state index in [1.165, 1.54) is 36.0 Å². The maximum atomic E-state index is 12.6. The van der Waals surface area contributed by atoms with Crippen molar-refractivity contribution >= 4 is 5.91 Å². The summed E-state index contributed by atoms with van der Waals surface area (Å²) in [6, 6.07) is 12.5. The molecule has 0 saturated heterocycles. The number of carbonyl (C=O) groups is 1. The van der Waals surface area contributed by atoms with E-state index in [1.54, 1.807) is 0 Å². The summed E-state index contributed by atoms with van der Waals surface area (Å²) in [5.41, 5.74) is 4.04. The Balaban J connectivity index is 1.67. The fraction of sp³-hybridized carbons (Fsp3) is 0.455. The molecule has 25 heavy (non-hydrogen) atoms. The summed E-state index contributed by atoms with van der Waals surface area (Å²) < 4.78 is 2.02. The molecule has 1 aliphatic rings. The van der Waals surface area contributed by atoms with Gasteiger partial charge in [0.25, 0.3) is 5.91 Å². The number of rotatable bonds is 6. The standard InChI is InChI=1S/C22H28N2O/c1-17(2)14-21(19-9-4-3-5-10-19)23-22(25)16-24-13-12-18-8-6-7-11-20(18)15-24/h3-5,9-10,12-13,15,17,21H,6-8,11,14,16H2,1-2H3/p+1/t21-/m1/s1. The lowest BCUT2D eigenvalue weighted by Crippen LogP contribution is -2.44. The van der Waals surface area contributed by atoms with E-state index in [4.69, 9.17) is 0 Å². The first kappa shape index (κ1) is 17.7. The van der Waals surface area contributed by atoms with Crippen molar-refractivity contribution < 1.29 is 9.36 Å². The fourth-order valence-corrected chi connectivity index (χ4v) is 3.66. The van der Waals surface area contributed by atoms with Gasteiger partial charge in [0.1, 0.15) is 0 Å². The van der Waals surface area contributed by atoms with Crippen LogP contribution in [-0.2, 0) is 24.2 Å². The number of nitrogens with one attached hydrogen (secondary N) is 1. The molecule has 0 aliphatic heterocycles. The fourth-order valence-electron chi connectivity index (χ4n) is 3.66. The van der Waals surface area contributed by atoms with Gasteiger partial charge in [-0.05, 0) is 49.1 Å². The molecule has 0 radical (unpaired) electrons. The average Bonchev–Trinajstić information content (AvgIpc) is 2.61. The minimum absolute atomic E-state index is 0.0759. The highest BCUT2D eigenvalue weighted by Gasteiger charge is 2.20. The number of carbonyl (C=O) groups excluding carboxylic acids is 1. The molecule has 1 N–H and O–H groups in total. The zero-order valence-corrected chi connectivity index (χ0v) is 15.4. The van der Waals surface area contributed by atoms with Crippen LogP contribution >= 0.6 is 0 Å². The van der Waals surface area contributed by atoms with Crippen LogP contribution in [0.5, 0.6) is 0 Å². The number of aryl methyl sites for hydroxylation is 2. The summed E-state index contributed by atoms with van der Waals surface area (Å²) >= 11 is 0. The highest BCUT2D eigenvalue weighted by atomic mass is 16.2. The van der Waals surface area contributed by atoms with Crippen LogP contribution in [0.1, 0.15) is 55.8 Å². The topological polar surface area (TPSA) is 33.0 Å². The molecule has 0 bridgehead atoms. The van der Waals surface area contributed by atoms with Gasteiger partial charge in [0.05, 0.1) is 6.04 Å². The van der Waals surface area contributed by atoms with Crippen molar-refractivity contribution in [2.75, 3.05) is 0 Å². The van der Waals surface area contributed by atoms with E-state index in [-0.39, 0.29) is 11.9 Å². The van der Waals surface area contributed by atoms with Gasteiger partial charge < -0.3 is 5.32 Å². The first-order valence-corrected chi connectivity index (χ1v) is 9.47. The Hall–Kier alpha value is -2.16. The first-order valence-electron chi connectivity index (χ1n) is 9.47. The maximum Gasteiger partial charge on any atom is 0.286 e. The van der Waals surface area contributed by atoms with Gasteiger partial charge in [0.2, 0.25) is 6.54 Å². The minimum Gasteiger partial charge on any atom is -0.344 e. The lowest BCUT2D eigenvalue weighted by atomic mass is 9.93. The number of pyridine rings is 1. The molecule has 0 unspecified atom stereocenters. The van der Waals surface area contributed by atoms with E-state index in [9.17, 15) is 4.79 Å². The van der Waals surface area contributed by atoms with Gasteiger partial charge in [-0.2, -0.15) is 4.57 Å². The Morgan fingerprint density at radius 2 is 1.80 bits per heavy atom. The molecule has 1 heterocycles. The molecule has 3 heteroatoms. The Kier molecular flexibility index (Phi) is 5.85.